The van der Waals surface area contributed by atoms with E-state index in [-0.39, 0.29) is 19.1 Å². The maximum absolute atomic E-state index is 11.6. The molecule has 1 N–H and O–H groups in total. The lowest BCUT2D eigenvalue weighted by molar-refractivity contribution is -0.162. The number of hydrogen-bond donors (Lipinski definition) is 1. The van der Waals surface area contributed by atoms with Gasteiger partial charge in [-0.05, 0) is 26.7 Å². The van der Waals surface area contributed by atoms with Crippen LogP contribution in [0.2, 0.25) is 0 Å². The summed E-state index contributed by atoms with van der Waals surface area (Å²) < 4.78 is 9.71. The second-order valence-electron chi connectivity index (χ2n) is 4.04. The first kappa shape index (κ1) is 17.4. The number of ether oxygens (including phenoxy) is 2. The Morgan fingerprint density at radius 2 is 1.53 bits per heavy atom. The van der Waals surface area contributed by atoms with E-state index in [4.69, 9.17) is 9.47 Å². The quantitative estimate of drug-likeness (QED) is 0.385. The van der Waals surface area contributed by atoms with Crippen LogP contribution in [-0.4, -0.2) is 37.6 Å². The van der Waals surface area contributed by atoms with Crippen molar-refractivity contribution in [1.29, 1.82) is 0 Å². The molecule has 0 saturated carbocycles. The first-order chi connectivity index (χ1) is 9.02. The maximum Gasteiger partial charge on any atom is 0.320 e. The van der Waals surface area contributed by atoms with Crippen LogP contribution >= 0.6 is 0 Å². The van der Waals surface area contributed by atoms with E-state index < -0.39 is 17.9 Å². The summed E-state index contributed by atoms with van der Waals surface area (Å²) in [5.74, 6) is -2.04. The third-order valence-corrected chi connectivity index (χ3v) is 2.44. The second kappa shape index (κ2) is 10.3. The van der Waals surface area contributed by atoms with Crippen molar-refractivity contribution in [2.24, 2.45) is 5.92 Å². The Morgan fingerprint density at radius 1 is 1.00 bits per heavy atom. The van der Waals surface area contributed by atoms with Gasteiger partial charge < -0.3 is 14.8 Å². The fourth-order valence-corrected chi connectivity index (χ4v) is 1.56. The average molecular weight is 273 g/mol. The number of amides is 1. The third-order valence-electron chi connectivity index (χ3n) is 2.44. The van der Waals surface area contributed by atoms with Crippen LogP contribution in [0.3, 0.4) is 0 Å². The molecule has 0 bridgehead atoms. The molecule has 0 aliphatic heterocycles. The molecule has 110 valence electrons. The predicted molar refractivity (Wildman–Crippen MR) is 69.3 cm³/mol. The van der Waals surface area contributed by atoms with Gasteiger partial charge in [0.2, 0.25) is 5.91 Å². The number of unbranched alkanes of at least 4 members (excludes halogenated alkanes) is 1. The molecule has 6 heteroatoms. The molecule has 0 atom stereocenters. The Hall–Kier alpha value is -1.59. The van der Waals surface area contributed by atoms with Crippen molar-refractivity contribution >= 4 is 17.8 Å². The lowest BCUT2D eigenvalue weighted by Gasteiger charge is -2.14. The number of hydrogen-bond acceptors (Lipinski definition) is 5. The topological polar surface area (TPSA) is 81.7 Å². The standard InChI is InChI=1S/C13H23NO5/c1-4-18-12(16)11(13(17)19-5-2)8-6-7-9-14-10(3)15/h11H,4-9H2,1-3H3,(H,14,15). The van der Waals surface area contributed by atoms with Crippen LogP contribution in [0.1, 0.15) is 40.0 Å². The van der Waals surface area contributed by atoms with Crippen LogP contribution < -0.4 is 5.32 Å². The Bertz CT molecular complexity index is 285. The molecule has 0 aromatic rings. The zero-order valence-electron chi connectivity index (χ0n) is 11.9. The highest BCUT2D eigenvalue weighted by molar-refractivity contribution is 5.94. The number of nitrogens with one attached hydrogen (secondary N) is 1. The van der Waals surface area contributed by atoms with Gasteiger partial charge in [-0.15, -0.1) is 0 Å². The summed E-state index contributed by atoms with van der Waals surface area (Å²) in [5.41, 5.74) is 0. The Kier molecular flexibility index (Phi) is 9.48. The minimum absolute atomic E-state index is 0.0904. The number of esters is 2. The lowest BCUT2D eigenvalue weighted by atomic mass is 10.0. The molecule has 0 saturated heterocycles. The van der Waals surface area contributed by atoms with Crippen LogP contribution in [0.15, 0.2) is 0 Å². The fourth-order valence-electron chi connectivity index (χ4n) is 1.56. The van der Waals surface area contributed by atoms with E-state index in [1.807, 2.05) is 0 Å². The van der Waals surface area contributed by atoms with Crippen molar-refractivity contribution in [3.05, 3.63) is 0 Å². The monoisotopic (exact) mass is 273 g/mol. The predicted octanol–water partition coefficient (Wildman–Crippen LogP) is 1.04. The van der Waals surface area contributed by atoms with Gasteiger partial charge in [0.1, 0.15) is 0 Å². The van der Waals surface area contributed by atoms with E-state index in [1.165, 1.54) is 6.92 Å². The average Bonchev–Trinajstić information content (AvgIpc) is 2.33. The van der Waals surface area contributed by atoms with E-state index in [1.54, 1.807) is 13.8 Å². The van der Waals surface area contributed by atoms with Crippen molar-refractivity contribution < 1.29 is 23.9 Å². The minimum Gasteiger partial charge on any atom is -0.465 e. The van der Waals surface area contributed by atoms with Crippen molar-refractivity contribution in [2.75, 3.05) is 19.8 Å². The molecule has 0 unspecified atom stereocenters. The summed E-state index contributed by atoms with van der Waals surface area (Å²) in [6, 6.07) is 0. The van der Waals surface area contributed by atoms with E-state index >= 15 is 0 Å². The van der Waals surface area contributed by atoms with Gasteiger partial charge in [-0.1, -0.05) is 6.42 Å². The van der Waals surface area contributed by atoms with Crippen LogP contribution in [-0.2, 0) is 23.9 Å². The van der Waals surface area contributed by atoms with Crippen molar-refractivity contribution in [3.8, 4) is 0 Å². The molecule has 0 spiro atoms. The SMILES string of the molecule is CCOC(=O)C(CCCCNC(C)=O)C(=O)OCC. The number of carbonyl (C=O) groups is 3. The molecule has 0 aromatic heterocycles. The maximum atomic E-state index is 11.6. The van der Waals surface area contributed by atoms with Crippen LogP contribution in [0, 0.1) is 5.92 Å². The van der Waals surface area contributed by atoms with Gasteiger partial charge in [0, 0.05) is 13.5 Å². The first-order valence-corrected chi connectivity index (χ1v) is 6.60. The van der Waals surface area contributed by atoms with Crippen LogP contribution in [0.25, 0.3) is 0 Å². The van der Waals surface area contributed by atoms with Crippen LogP contribution in [0.4, 0.5) is 0 Å². The van der Waals surface area contributed by atoms with E-state index in [0.717, 1.165) is 0 Å². The Labute approximate surface area is 113 Å². The first-order valence-electron chi connectivity index (χ1n) is 6.60. The molecule has 19 heavy (non-hydrogen) atoms. The summed E-state index contributed by atoms with van der Waals surface area (Å²) in [6.45, 7) is 5.84. The molecule has 0 fully saturated rings. The zero-order valence-corrected chi connectivity index (χ0v) is 11.9. The van der Waals surface area contributed by atoms with Crippen molar-refractivity contribution in [1.82, 2.24) is 5.32 Å². The van der Waals surface area contributed by atoms with Crippen LogP contribution in [0.5, 0.6) is 0 Å². The van der Waals surface area contributed by atoms with Gasteiger partial charge in [-0.2, -0.15) is 0 Å². The largest absolute Gasteiger partial charge is 0.465 e. The summed E-state index contributed by atoms with van der Waals surface area (Å²) in [4.78, 5) is 33.9. The summed E-state index contributed by atoms with van der Waals surface area (Å²) in [6.07, 6.45) is 1.72. The van der Waals surface area contributed by atoms with Crippen molar-refractivity contribution in [2.45, 2.75) is 40.0 Å². The minimum atomic E-state index is -0.864. The normalized spacial score (nSPS) is 10.1. The number of rotatable bonds is 9. The smallest absolute Gasteiger partial charge is 0.320 e. The second-order valence-corrected chi connectivity index (χ2v) is 4.04. The van der Waals surface area contributed by atoms with Gasteiger partial charge in [-0.3, -0.25) is 14.4 Å². The third kappa shape index (κ3) is 8.18. The molecule has 6 nitrogen and oxygen atoms in total. The highest BCUT2D eigenvalue weighted by atomic mass is 16.6. The molecule has 0 radical (unpaired) electrons. The van der Waals surface area contributed by atoms with Gasteiger partial charge >= 0.3 is 11.9 Å². The zero-order chi connectivity index (χ0) is 14.7. The number of carbonyl (C=O) groups excluding carboxylic acids is 3. The molecule has 0 heterocycles. The fraction of sp³-hybridized carbons (Fsp3) is 0.769. The van der Waals surface area contributed by atoms with Gasteiger partial charge in [0.05, 0.1) is 13.2 Å². The molecule has 0 aliphatic rings. The highest BCUT2D eigenvalue weighted by Gasteiger charge is 2.28. The van der Waals surface area contributed by atoms with Gasteiger partial charge in [0.15, 0.2) is 5.92 Å². The van der Waals surface area contributed by atoms with E-state index in [9.17, 15) is 14.4 Å². The summed E-state index contributed by atoms with van der Waals surface area (Å²) >= 11 is 0. The molecule has 1 amide bonds. The Morgan fingerprint density at radius 3 is 1.95 bits per heavy atom. The molecular formula is C13H23NO5. The van der Waals surface area contributed by atoms with E-state index in [2.05, 4.69) is 5.32 Å². The van der Waals surface area contributed by atoms with Crippen molar-refractivity contribution in [3.63, 3.8) is 0 Å². The highest BCUT2D eigenvalue weighted by Crippen LogP contribution is 2.13. The summed E-state index contributed by atoms with van der Waals surface area (Å²) in [7, 11) is 0. The Balaban J connectivity index is 4.15. The molecule has 0 rings (SSSR count). The molecule has 0 aliphatic carbocycles. The van der Waals surface area contributed by atoms with E-state index in [0.29, 0.717) is 25.8 Å². The van der Waals surface area contributed by atoms with Gasteiger partial charge in [0.25, 0.3) is 0 Å². The molecular weight excluding hydrogens is 250 g/mol. The van der Waals surface area contributed by atoms with Gasteiger partial charge in [-0.25, -0.2) is 0 Å². The molecule has 0 aromatic carbocycles. The lowest BCUT2D eigenvalue weighted by Crippen LogP contribution is -2.28. The summed E-state index contributed by atoms with van der Waals surface area (Å²) in [5, 5.41) is 2.66.